The zero-order valence-electron chi connectivity index (χ0n) is 14.2. The van der Waals surface area contributed by atoms with Gasteiger partial charge in [-0.05, 0) is 48.5 Å². The number of benzene rings is 2. The predicted octanol–water partition coefficient (Wildman–Crippen LogP) is 3.54. The number of aromatic nitrogens is 4. The molecule has 0 aliphatic carbocycles. The first-order valence-electron chi connectivity index (χ1n) is 8.10. The van der Waals surface area contributed by atoms with Gasteiger partial charge < -0.3 is 14.5 Å². The first kappa shape index (κ1) is 15.9. The minimum atomic E-state index is 0.499. The third kappa shape index (κ3) is 3.41. The van der Waals surface area contributed by atoms with E-state index in [1.165, 1.54) is 6.33 Å². The molecule has 2 aromatic carbocycles. The summed E-state index contributed by atoms with van der Waals surface area (Å²) in [5, 5.41) is 7.40. The molecule has 130 valence electrons. The molecule has 1 N–H and O–H groups in total. The monoisotopic (exact) mass is 347 g/mol. The van der Waals surface area contributed by atoms with Crippen LogP contribution in [0.3, 0.4) is 0 Å². The molecule has 7 nitrogen and oxygen atoms in total. The van der Waals surface area contributed by atoms with Crippen LogP contribution >= 0.6 is 0 Å². The summed E-state index contributed by atoms with van der Waals surface area (Å²) in [6, 6.07) is 15.6. The molecule has 26 heavy (non-hydrogen) atoms. The molecule has 0 saturated carbocycles. The van der Waals surface area contributed by atoms with Crippen molar-refractivity contribution in [1.82, 2.24) is 19.7 Å². The van der Waals surface area contributed by atoms with E-state index >= 15 is 0 Å². The Kier molecular flexibility index (Phi) is 4.34. The Bertz CT molecular complexity index is 960. The quantitative estimate of drug-likeness (QED) is 0.575. The van der Waals surface area contributed by atoms with E-state index in [9.17, 15) is 0 Å². The van der Waals surface area contributed by atoms with Gasteiger partial charge in [-0.15, -0.1) is 0 Å². The second kappa shape index (κ2) is 7.10. The summed E-state index contributed by atoms with van der Waals surface area (Å²) in [5.74, 6) is 2.16. The summed E-state index contributed by atoms with van der Waals surface area (Å²) in [4.78, 5) is 8.27. The van der Waals surface area contributed by atoms with Crippen molar-refractivity contribution >= 4 is 5.69 Å². The van der Waals surface area contributed by atoms with Gasteiger partial charge in [-0.2, -0.15) is 5.10 Å². The van der Waals surface area contributed by atoms with Gasteiger partial charge in [-0.1, -0.05) is 0 Å². The van der Waals surface area contributed by atoms with E-state index in [2.05, 4.69) is 20.4 Å². The van der Waals surface area contributed by atoms with Crippen molar-refractivity contribution in [3.8, 4) is 22.8 Å². The highest BCUT2D eigenvalue weighted by molar-refractivity contribution is 5.57. The average molecular weight is 347 g/mol. The van der Waals surface area contributed by atoms with Crippen molar-refractivity contribution in [2.45, 2.75) is 6.54 Å². The SMILES string of the molecule is COc1ccc(-c2cnc(CNc3ccc(-n4cncn4)cc3)o2)cc1. The van der Waals surface area contributed by atoms with Gasteiger partial charge in [-0.25, -0.2) is 14.6 Å². The maximum Gasteiger partial charge on any atom is 0.214 e. The molecule has 0 radical (unpaired) electrons. The number of methoxy groups -OCH3 is 1. The molecule has 0 atom stereocenters. The van der Waals surface area contributed by atoms with Gasteiger partial charge in [0.2, 0.25) is 5.89 Å². The molecule has 4 aromatic rings. The van der Waals surface area contributed by atoms with E-state index in [0.717, 1.165) is 28.4 Å². The van der Waals surface area contributed by atoms with Gasteiger partial charge in [0.15, 0.2) is 5.76 Å². The molecule has 4 rings (SSSR count). The molecule has 0 aliphatic heterocycles. The van der Waals surface area contributed by atoms with Crippen LogP contribution in [0, 0.1) is 0 Å². The van der Waals surface area contributed by atoms with Crippen molar-refractivity contribution in [1.29, 1.82) is 0 Å². The summed E-state index contributed by atoms with van der Waals surface area (Å²) in [6.07, 6.45) is 4.90. The summed E-state index contributed by atoms with van der Waals surface area (Å²) in [7, 11) is 1.64. The first-order valence-corrected chi connectivity index (χ1v) is 8.10. The van der Waals surface area contributed by atoms with Crippen LogP contribution in [0.15, 0.2) is 71.8 Å². The van der Waals surface area contributed by atoms with E-state index in [-0.39, 0.29) is 0 Å². The molecular weight excluding hydrogens is 330 g/mol. The van der Waals surface area contributed by atoms with Gasteiger partial charge >= 0.3 is 0 Å². The lowest BCUT2D eigenvalue weighted by molar-refractivity contribution is 0.415. The maximum atomic E-state index is 5.81. The second-order valence-corrected chi connectivity index (χ2v) is 5.59. The van der Waals surface area contributed by atoms with Gasteiger partial charge in [0.25, 0.3) is 0 Å². The Morgan fingerprint density at radius 1 is 1.08 bits per heavy atom. The number of anilines is 1. The summed E-state index contributed by atoms with van der Waals surface area (Å²) < 4.78 is 12.7. The third-order valence-corrected chi connectivity index (χ3v) is 3.92. The smallest absolute Gasteiger partial charge is 0.214 e. The van der Waals surface area contributed by atoms with Crippen molar-refractivity contribution < 1.29 is 9.15 Å². The van der Waals surface area contributed by atoms with Crippen LogP contribution in [0.25, 0.3) is 17.0 Å². The lowest BCUT2D eigenvalue weighted by Crippen LogP contribution is -2.00. The van der Waals surface area contributed by atoms with Gasteiger partial charge in [0, 0.05) is 11.3 Å². The minimum Gasteiger partial charge on any atom is -0.497 e. The molecule has 0 fully saturated rings. The van der Waals surface area contributed by atoms with Crippen molar-refractivity contribution in [3.05, 3.63) is 73.3 Å². The number of nitrogens with one attached hydrogen (secondary N) is 1. The molecule has 2 aromatic heterocycles. The Morgan fingerprint density at radius 2 is 1.88 bits per heavy atom. The third-order valence-electron chi connectivity index (χ3n) is 3.92. The van der Waals surface area contributed by atoms with Gasteiger partial charge in [-0.3, -0.25) is 0 Å². The molecule has 0 spiro atoms. The molecular formula is C19H17N5O2. The number of hydrogen-bond acceptors (Lipinski definition) is 6. The molecule has 7 heteroatoms. The molecule has 0 unspecified atom stereocenters. The van der Waals surface area contributed by atoms with Gasteiger partial charge in [0.05, 0.1) is 25.5 Å². The average Bonchev–Trinajstić information content (AvgIpc) is 3.39. The van der Waals surface area contributed by atoms with Crippen LogP contribution in [0.5, 0.6) is 5.75 Å². The fourth-order valence-corrected chi connectivity index (χ4v) is 2.53. The lowest BCUT2D eigenvalue weighted by atomic mass is 10.2. The Hall–Kier alpha value is -3.61. The maximum absolute atomic E-state index is 5.81. The van der Waals surface area contributed by atoms with Crippen LogP contribution < -0.4 is 10.1 Å². The van der Waals surface area contributed by atoms with Crippen molar-refractivity contribution in [2.75, 3.05) is 12.4 Å². The number of hydrogen-bond donors (Lipinski definition) is 1. The van der Waals surface area contributed by atoms with E-state index in [1.807, 2.05) is 48.5 Å². The van der Waals surface area contributed by atoms with Crippen LogP contribution in [0.1, 0.15) is 5.89 Å². The minimum absolute atomic E-state index is 0.499. The van der Waals surface area contributed by atoms with E-state index in [4.69, 9.17) is 9.15 Å². The summed E-state index contributed by atoms with van der Waals surface area (Å²) >= 11 is 0. The first-order chi connectivity index (χ1) is 12.8. The molecule has 0 bridgehead atoms. The molecule has 0 amide bonds. The van der Waals surface area contributed by atoms with Crippen molar-refractivity contribution in [2.24, 2.45) is 0 Å². The number of nitrogens with zero attached hydrogens (tertiary/aromatic N) is 4. The Balaban J connectivity index is 1.39. The zero-order valence-corrected chi connectivity index (χ0v) is 14.2. The fraction of sp³-hybridized carbons (Fsp3) is 0.105. The molecule has 0 saturated heterocycles. The summed E-state index contributed by atoms with van der Waals surface area (Å²) in [5.41, 5.74) is 2.88. The van der Waals surface area contributed by atoms with Crippen LogP contribution in [-0.4, -0.2) is 26.9 Å². The Morgan fingerprint density at radius 3 is 2.58 bits per heavy atom. The lowest BCUT2D eigenvalue weighted by Gasteiger charge is -2.05. The van der Waals surface area contributed by atoms with Crippen LogP contribution in [-0.2, 0) is 6.54 Å². The largest absolute Gasteiger partial charge is 0.497 e. The van der Waals surface area contributed by atoms with Gasteiger partial charge in [0.1, 0.15) is 18.4 Å². The van der Waals surface area contributed by atoms with E-state index in [0.29, 0.717) is 12.4 Å². The number of ether oxygens (including phenoxy) is 1. The van der Waals surface area contributed by atoms with E-state index < -0.39 is 0 Å². The second-order valence-electron chi connectivity index (χ2n) is 5.59. The predicted molar refractivity (Wildman–Crippen MR) is 97.2 cm³/mol. The Labute approximate surface area is 150 Å². The van der Waals surface area contributed by atoms with Crippen LogP contribution in [0.4, 0.5) is 5.69 Å². The fourth-order valence-electron chi connectivity index (χ4n) is 2.53. The molecule has 2 heterocycles. The zero-order chi connectivity index (χ0) is 17.8. The highest BCUT2D eigenvalue weighted by atomic mass is 16.5. The topological polar surface area (TPSA) is 78.0 Å². The van der Waals surface area contributed by atoms with Crippen LogP contribution in [0.2, 0.25) is 0 Å². The highest BCUT2D eigenvalue weighted by Crippen LogP contribution is 2.23. The highest BCUT2D eigenvalue weighted by Gasteiger charge is 2.07. The van der Waals surface area contributed by atoms with Crippen molar-refractivity contribution in [3.63, 3.8) is 0 Å². The van der Waals surface area contributed by atoms with E-state index in [1.54, 1.807) is 24.3 Å². The number of rotatable bonds is 6. The summed E-state index contributed by atoms with van der Waals surface area (Å²) in [6.45, 7) is 0.499. The molecule has 0 aliphatic rings. The normalized spacial score (nSPS) is 10.7. The number of oxazole rings is 1. The standard InChI is InChI=1S/C19H17N5O2/c1-25-17-8-2-14(3-9-17)18-10-22-19(26-18)11-21-15-4-6-16(7-5-15)24-13-20-12-23-24/h2-10,12-13,21H,11H2,1H3.